The van der Waals surface area contributed by atoms with Crippen molar-refractivity contribution >= 4 is 12.3 Å². The molecule has 0 amide bonds. The maximum absolute atomic E-state index is 9.94. The summed E-state index contributed by atoms with van der Waals surface area (Å²) in [4.78, 5) is 19.8. The average molecular weight is 190 g/mol. The zero-order valence-electron chi connectivity index (χ0n) is 6.86. The molecule has 0 heterocycles. The maximum atomic E-state index is 9.94. The van der Waals surface area contributed by atoms with Crippen molar-refractivity contribution in [1.82, 2.24) is 0 Å². The Balaban J connectivity index is 3.37. The zero-order valence-corrected chi connectivity index (χ0v) is 6.86. The number of carboxylic acid groups (broad SMARTS) is 2. The predicted molar refractivity (Wildman–Crippen MR) is 41.5 cm³/mol. The normalized spacial score (nSPS) is 8.92. The van der Waals surface area contributed by atoms with Crippen molar-refractivity contribution in [3.63, 3.8) is 0 Å². The lowest BCUT2D eigenvalue weighted by atomic mass is 10.3. The highest BCUT2D eigenvalue weighted by molar-refractivity contribution is 5.58. The van der Waals surface area contributed by atoms with Crippen molar-refractivity contribution in [1.29, 1.82) is 0 Å². The summed E-state index contributed by atoms with van der Waals surface area (Å²) in [6.07, 6.45) is -2.19. The Labute approximate surface area is 74.4 Å². The van der Waals surface area contributed by atoms with E-state index in [-0.39, 0.29) is 18.8 Å². The molecule has 6 nitrogen and oxygen atoms in total. The highest BCUT2D eigenvalue weighted by Gasteiger charge is 2.02. The van der Waals surface area contributed by atoms with Crippen LogP contribution in [0.3, 0.4) is 0 Å². The van der Waals surface area contributed by atoms with Crippen LogP contribution in [0.1, 0.15) is 12.8 Å². The van der Waals surface area contributed by atoms with Crippen LogP contribution in [0, 0.1) is 0 Å². The van der Waals surface area contributed by atoms with Crippen LogP contribution < -0.4 is 0 Å². The molecule has 0 aliphatic rings. The van der Waals surface area contributed by atoms with E-state index in [9.17, 15) is 9.59 Å². The second kappa shape index (κ2) is 5.87. The molecular weight excluding hydrogens is 180 g/mol. The van der Waals surface area contributed by atoms with Gasteiger partial charge in [0.2, 0.25) is 0 Å². The number of hydrogen-bond acceptors (Lipinski definition) is 4. The monoisotopic (exact) mass is 190 g/mol. The third-order valence-electron chi connectivity index (χ3n) is 1.06. The van der Waals surface area contributed by atoms with E-state index in [1.807, 2.05) is 0 Å². The van der Waals surface area contributed by atoms with Crippen molar-refractivity contribution in [2.24, 2.45) is 0 Å². The Morgan fingerprint density at radius 2 is 1.85 bits per heavy atom. The molecule has 0 unspecified atom stereocenters. The topological polar surface area (TPSA) is 93.1 Å². The fourth-order valence-electron chi connectivity index (χ4n) is 0.603. The molecule has 0 aromatic heterocycles. The summed E-state index contributed by atoms with van der Waals surface area (Å²) >= 11 is 0. The quantitative estimate of drug-likeness (QED) is 0.389. The molecule has 0 aliphatic heterocycles. The molecule has 0 spiro atoms. The van der Waals surface area contributed by atoms with Gasteiger partial charge in [-0.2, -0.15) is 0 Å². The number of rotatable bonds is 5. The molecule has 0 atom stereocenters. The summed E-state index contributed by atoms with van der Waals surface area (Å²) in [5, 5.41) is 16.2. The number of ether oxygens (including phenoxy) is 2. The fraction of sp³-hybridized carbons (Fsp3) is 0.429. The molecule has 6 heteroatoms. The largest absolute Gasteiger partial charge is 0.510 e. The van der Waals surface area contributed by atoms with Gasteiger partial charge in [-0.1, -0.05) is 6.58 Å². The lowest BCUT2D eigenvalue weighted by Crippen LogP contribution is -2.04. The Morgan fingerprint density at radius 3 is 2.31 bits per heavy atom. The first-order valence-corrected chi connectivity index (χ1v) is 3.46. The summed E-state index contributed by atoms with van der Waals surface area (Å²) in [6, 6.07) is 0. The summed E-state index contributed by atoms with van der Waals surface area (Å²) in [5.41, 5.74) is 0. The molecule has 0 saturated carbocycles. The molecule has 0 saturated heterocycles. The van der Waals surface area contributed by atoms with Crippen LogP contribution in [0.4, 0.5) is 9.59 Å². The van der Waals surface area contributed by atoms with E-state index in [2.05, 4.69) is 16.1 Å². The molecule has 13 heavy (non-hydrogen) atoms. The van der Waals surface area contributed by atoms with Crippen molar-refractivity contribution in [3.05, 3.63) is 12.3 Å². The molecule has 0 aromatic rings. The van der Waals surface area contributed by atoms with Crippen LogP contribution in [0.15, 0.2) is 12.3 Å². The average Bonchev–Trinajstić information content (AvgIpc) is 1.96. The zero-order chi connectivity index (χ0) is 10.3. The minimum absolute atomic E-state index is 0.00265. The molecule has 0 fully saturated rings. The van der Waals surface area contributed by atoms with Gasteiger partial charge in [0.25, 0.3) is 0 Å². The minimum atomic E-state index is -1.43. The van der Waals surface area contributed by atoms with Crippen LogP contribution >= 0.6 is 0 Å². The molecule has 0 aromatic carbocycles. The fourth-order valence-corrected chi connectivity index (χ4v) is 0.603. The Kier molecular flexibility index (Phi) is 5.09. The third kappa shape index (κ3) is 8.18. The number of hydrogen-bond donors (Lipinski definition) is 2. The Hall–Kier alpha value is -1.72. The van der Waals surface area contributed by atoms with Crippen molar-refractivity contribution in [2.75, 3.05) is 6.61 Å². The third-order valence-corrected chi connectivity index (χ3v) is 1.06. The van der Waals surface area contributed by atoms with Gasteiger partial charge in [-0.05, 0) is 6.42 Å². The molecule has 0 bridgehead atoms. The summed E-state index contributed by atoms with van der Waals surface area (Å²) in [6.45, 7) is 3.30. The second-order valence-electron chi connectivity index (χ2n) is 2.12. The van der Waals surface area contributed by atoms with E-state index < -0.39 is 12.3 Å². The Bertz CT molecular complexity index is 209. The molecular formula is C7H10O6. The minimum Gasteiger partial charge on any atom is -0.450 e. The van der Waals surface area contributed by atoms with Crippen molar-refractivity contribution in [2.45, 2.75) is 12.8 Å². The van der Waals surface area contributed by atoms with Gasteiger partial charge in [-0.15, -0.1) is 0 Å². The standard InChI is InChI=1S/C7H10O6/c1-5(13-7(10)11)3-2-4-12-6(8)9/h1-4H2,(H,8,9)(H,10,11). The number of carbonyl (C=O) groups is 2. The van der Waals surface area contributed by atoms with E-state index in [0.717, 1.165) is 0 Å². The highest BCUT2D eigenvalue weighted by atomic mass is 16.7. The summed E-state index contributed by atoms with van der Waals surface area (Å²) in [7, 11) is 0. The van der Waals surface area contributed by atoms with Gasteiger partial charge in [-0.25, -0.2) is 9.59 Å². The van der Waals surface area contributed by atoms with E-state index in [4.69, 9.17) is 10.2 Å². The van der Waals surface area contributed by atoms with Crippen molar-refractivity contribution in [3.8, 4) is 0 Å². The van der Waals surface area contributed by atoms with Crippen LogP contribution in [-0.4, -0.2) is 29.1 Å². The van der Waals surface area contributed by atoms with E-state index in [1.54, 1.807) is 0 Å². The lowest BCUT2D eigenvalue weighted by molar-refractivity contribution is 0.0872. The lowest BCUT2D eigenvalue weighted by Gasteiger charge is -2.02. The first-order valence-electron chi connectivity index (χ1n) is 3.46. The maximum Gasteiger partial charge on any atom is 0.510 e. The van der Waals surface area contributed by atoms with Gasteiger partial charge in [0.15, 0.2) is 0 Å². The smallest absolute Gasteiger partial charge is 0.450 e. The van der Waals surface area contributed by atoms with Crippen LogP contribution in [0.5, 0.6) is 0 Å². The molecule has 0 rings (SSSR count). The number of allylic oxidation sites excluding steroid dienone is 1. The van der Waals surface area contributed by atoms with Crippen LogP contribution in [-0.2, 0) is 9.47 Å². The first kappa shape index (κ1) is 11.3. The van der Waals surface area contributed by atoms with Gasteiger partial charge in [0.1, 0.15) is 5.76 Å². The Morgan fingerprint density at radius 1 is 1.23 bits per heavy atom. The van der Waals surface area contributed by atoms with Gasteiger partial charge in [0, 0.05) is 6.42 Å². The first-order chi connectivity index (χ1) is 6.02. The van der Waals surface area contributed by atoms with Gasteiger partial charge < -0.3 is 19.7 Å². The van der Waals surface area contributed by atoms with Gasteiger partial charge >= 0.3 is 12.3 Å². The molecule has 74 valence electrons. The molecule has 2 N–H and O–H groups in total. The SMILES string of the molecule is C=C(CCCOC(=O)O)OC(=O)O. The predicted octanol–water partition coefficient (Wildman–Crippen LogP) is 1.67. The molecule has 0 radical (unpaired) electrons. The highest BCUT2D eigenvalue weighted by Crippen LogP contribution is 2.04. The van der Waals surface area contributed by atoms with Crippen LogP contribution in [0.25, 0.3) is 0 Å². The van der Waals surface area contributed by atoms with E-state index in [0.29, 0.717) is 6.42 Å². The van der Waals surface area contributed by atoms with Crippen molar-refractivity contribution < 1.29 is 29.3 Å². The van der Waals surface area contributed by atoms with Gasteiger partial charge in [0.05, 0.1) is 6.61 Å². The molecule has 0 aliphatic carbocycles. The second-order valence-corrected chi connectivity index (χ2v) is 2.12. The summed E-state index contributed by atoms with van der Waals surface area (Å²) < 4.78 is 8.35. The van der Waals surface area contributed by atoms with E-state index >= 15 is 0 Å². The summed E-state index contributed by atoms with van der Waals surface area (Å²) in [5.74, 6) is 0.0708. The van der Waals surface area contributed by atoms with Crippen LogP contribution in [0.2, 0.25) is 0 Å². The van der Waals surface area contributed by atoms with E-state index in [1.165, 1.54) is 0 Å². The van der Waals surface area contributed by atoms with Gasteiger partial charge in [-0.3, -0.25) is 0 Å².